The first-order valence-corrected chi connectivity index (χ1v) is 8.25. The van der Waals surface area contributed by atoms with Crippen LogP contribution in [0.15, 0.2) is 36.9 Å². The molecule has 0 aromatic carbocycles. The summed E-state index contributed by atoms with van der Waals surface area (Å²) in [5.41, 5.74) is 1.49. The molecule has 9 heteroatoms. The summed E-state index contributed by atoms with van der Waals surface area (Å²) in [6.07, 6.45) is 1.46. The highest BCUT2D eigenvalue weighted by Gasteiger charge is 2.35. The largest absolute Gasteiger partial charge is 0.433 e. The van der Waals surface area contributed by atoms with E-state index in [1.54, 1.807) is 25.5 Å². The zero-order chi connectivity index (χ0) is 19.6. The first-order valence-electron chi connectivity index (χ1n) is 8.25. The summed E-state index contributed by atoms with van der Waals surface area (Å²) >= 11 is 0. The quantitative estimate of drug-likeness (QED) is 0.636. The number of hydrogen-bond acceptors (Lipinski definition) is 3. The van der Waals surface area contributed by atoms with Gasteiger partial charge in [0, 0.05) is 30.6 Å². The van der Waals surface area contributed by atoms with Crippen LogP contribution in [0.5, 0.6) is 0 Å². The lowest BCUT2D eigenvalue weighted by Gasteiger charge is -2.12. The van der Waals surface area contributed by atoms with Crippen LogP contribution in [0.1, 0.15) is 51.4 Å². The molecule has 1 unspecified atom stereocenters. The van der Waals surface area contributed by atoms with E-state index >= 15 is 0 Å². The Labute approximate surface area is 153 Å². The van der Waals surface area contributed by atoms with Gasteiger partial charge in [0.15, 0.2) is 0 Å². The van der Waals surface area contributed by atoms with Crippen molar-refractivity contribution in [2.24, 2.45) is 0 Å². The van der Waals surface area contributed by atoms with Crippen molar-refractivity contribution in [1.29, 1.82) is 0 Å². The molecule has 27 heavy (non-hydrogen) atoms. The maximum atomic E-state index is 13.1. The van der Waals surface area contributed by atoms with Gasteiger partial charge < -0.3 is 10.3 Å². The van der Waals surface area contributed by atoms with E-state index in [4.69, 9.17) is 0 Å². The smallest absolute Gasteiger partial charge is 0.357 e. The summed E-state index contributed by atoms with van der Waals surface area (Å²) < 4.78 is 39.4. The lowest BCUT2D eigenvalue weighted by Crippen LogP contribution is -2.27. The highest BCUT2D eigenvalue weighted by Crippen LogP contribution is 2.31. The molecule has 6 nitrogen and oxygen atoms in total. The van der Waals surface area contributed by atoms with E-state index in [0.717, 1.165) is 11.8 Å². The molecule has 0 fully saturated rings. The number of nitrogens with one attached hydrogen (secondary N) is 3. The zero-order valence-corrected chi connectivity index (χ0v) is 14.7. The molecule has 0 spiro atoms. The van der Waals surface area contributed by atoms with E-state index < -0.39 is 11.9 Å². The number of hydrogen-bond donors (Lipinski definition) is 3. The predicted octanol–water partition coefficient (Wildman–Crippen LogP) is 3.54. The molecule has 1 atom stereocenters. The molecular weight excluding hydrogens is 359 g/mol. The molecule has 0 aliphatic carbocycles. The summed E-state index contributed by atoms with van der Waals surface area (Å²) in [6.45, 7) is 3.51. The Morgan fingerprint density at radius 3 is 2.74 bits per heavy atom. The summed E-state index contributed by atoms with van der Waals surface area (Å²) in [4.78, 5) is 18.8. The molecule has 3 aromatic rings. The number of nitrogens with zero attached hydrogens (tertiary/aromatic N) is 2. The normalized spacial score (nSPS) is 12.8. The van der Waals surface area contributed by atoms with Crippen molar-refractivity contribution < 1.29 is 18.0 Å². The average molecular weight is 377 g/mol. The van der Waals surface area contributed by atoms with E-state index in [-0.39, 0.29) is 23.9 Å². The Kier molecular flexibility index (Phi) is 5.02. The molecule has 0 radical (unpaired) electrons. The van der Waals surface area contributed by atoms with Crippen molar-refractivity contribution in [1.82, 2.24) is 25.5 Å². The van der Waals surface area contributed by atoms with Crippen LogP contribution in [0, 0.1) is 6.92 Å². The minimum absolute atomic E-state index is 0.0234. The number of amides is 1. The van der Waals surface area contributed by atoms with Crippen molar-refractivity contribution in [3.05, 3.63) is 70.6 Å². The lowest BCUT2D eigenvalue weighted by molar-refractivity contribution is -0.141. The number of aromatic amines is 2. The fourth-order valence-electron chi connectivity index (χ4n) is 2.85. The van der Waals surface area contributed by atoms with Crippen LogP contribution in [0.25, 0.3) is 0 Å². The third-order valence-corrected chi connectivity index (χ3v) is 4.38. The first kappa shape index (κ1) is 18.7. The van der Waals surface area contributed by atoms with E-state index in [9.17, 15) is 18.0 Å². The molecule has 0 aliphatic heterocycles. The summed E-state index contributed by atoms with van der Waals surface area (Å²) in [5, 5.41) is 9.34. The maximum Gasteiger partial charge on any atom is 0.433 e. The predicted molar refractivity (Wildman–Crippen MR) is 92.0 cm³/mol. The second kappa shape index (κ2) is 7.26. The van der Waals surface area contributed by atoms with Crippen LogP contribution in [-0.4, -0.2) is 26.1 Å². The van der Waals surface area contributed by atoms with Gasteiger partial charge in [0.2, 0.25) is 0 Å². The molecule has 3 heterocycles. The van der Waals surface area contributed by atoms with Crippen molar-refractivity contribution in [3.8, 4) is 0 Å². The van der Waals surface area contributed by atoms with E-state index in [0.29, 0.717) is 16.8 Å². The SMILES string of the molecule is Cc1c(Cc2cccnc2C(F)(F)F)c[nH]c1C(=O)NC(C)c1cn[nH]c1. The van der Waals surface area contributed by atoms with E-state index in [2.05, 4.69) is 25.5 Å². The molecule has 3 rings (SSSR count). The Morgan fingerprint density at radius 2 is 2.07 bits per heavy atom. The van der Waals surface area contributed by atoms with Gasteiger partial charge in [-0.3, -0.25) is 14.9 Å². The van der Waals surface area contributed by atoms with Crippen molar-refractivity contribution >= 4 is 5.91 Å². The number of carbonyl (C=O) groups excluding carboxylic acids is 1. The lowest BCUT2D eigenvalue weighted by atomic mass is 10.0. The van der Waals surface area contributed by atoms with Gasteiger partial charge in [-0.2, -0.15) is 18.3 Å². The van der Waals surface area contributed by atoms with Crippen LogP contribution in [0.3, 0.4) is 0 Å². The minimum atomic E-state index is -4.53. The van der Waals surface area contributed by atoms with Crippen LogP contribution >= 0.6 is 0 Å². The molecule has 0 saturated heterocycles. The molecule has 0 aliphatic rings. The van der Waals surface area contributed by atoms with Gasteiger partial charge in [0.1, 0.15) is 11.4 Å². The number of carbonyl (C=O) groups is 1. The zero-order valence-electron chi connectivity index (χ0n) is 14.7. The van der Waals surface area contributed by atoms with Gasteiger partial charge in [-0.25, -0.2) is 0 Å². The van der Waals surface area contributed by atoms with Crippen molar-refractivity contribution in [2.75, 3.05) is 0 Å². The number of aromatic nitrogens is 4. The molecule has 0 saturated carbocycles. The van der Waals surface area contributed by atoms with E-state index in [1.165, 1.54) is 12.1 Å². The molecule has 1 amide bonds. The summed E-state index contributed by atoms with van der Waals surface area (Å²) in [5.74, 6) is -0.338. The summed E-state index contributed by atoms with van der Waals surface area (Å²) in [6, 6.07) is 2.59. The third-order valence-electron chi connectivity index (χ3n) is 4.38. The van der Waals surface area contributed by atoms with Gasteiger partial charge in [0.05, 0.1) is 12.2 Å². The van der Waals surface area contributed by atoms with E-state index in [1.807, 2.05) is 6.92 Å². The van der Waals surface area contributed by atoms with Gasteiger partial charge in [-0.1, -0.05) is 6.07 Å². The maximum absolute atomic E-state index is 13.1. The fourth-order valence-corrected chi connectivity index (χ4v) is 2.85. The van der Waals surface area contributed by atoms with Gasteiger partial charge >= 0.3 is 6.18 Å². The van der Waals surface area contributed by atoms with Crippen molar-refractivity contribution in [2.45, 2.75) is 32.5 Å². The highest BCUT2D eigenvalue weighted by molar-refractivity contribution is 5.94. The molecular formula is C18H18F3N5O. The highest BCUT2D eigenvalue weighted by atomic mass is 19.4. The Hall–Kier alpha value is -3.10. The Balaban J connectivity index is 1.79. The number of rotatable bonds is 5. The third kappa shape index (κ3) is 4.02. The number of alkyl halides is 3. The topological polar surface area (TPSA) is 86.5 Å². The van der Waals surface area contributed by atoms with Crippen molar-refractivity contribution in [3.63, 3.8) is 0 Å². The number of pyridine rings is 1. The van der Waals surface area contributed by atoms with Crippen LogP contribution in [0.4, 0.5) is 13.2 Å². The van der Waals surface area contributed by atoms with Crippen LogP contribution in [0.2, 0.25) is 0 Å². The molecule has 3 aromatic heterocycles. The molecule has 3 N–H and O–H groups in total. The monoisotopic (exact) mass is 377 g/mol. The summed E-state index contributed by atoms with van der Waals surface area (Å²) in [7, 11) is 0. The number of H-pyrrole nitrogens is 2. The van der Waals surface area contributed by atoms with Crippen LogP contribution < -0.4 is 5.32 Å². The number of halogens is 3. The van der Waals surface area contributed by atoms with Gasteiger partial charge in [-0.05, 0) is 36.6 Å². The molecule has 0 bridgehead atoms. The standard InChI is InChI=1S/C18H18F3N5O/c1-10-13(6-12-4-3-5-22-16(12)18(19,20)21)7-23-15(10)17(27)26-11(2)14-8-24-25-9-14/h3-5,7-9,11,23H,6H2,1-2H3,(H,24,25)(H,26,27). The fraction of sp³-hybridized carbons (Fsp3) is 0.278. The minimum Gasteiger partial charge on any atom is -0.357 e. The first-order chi connectivity index (χ1) is 12.8. The van der Waals surface area contributed by atoms with Gasteiger partial charge in [0.25, 0.3) is 5.91 Å². The Morgan fingerprint density at radius 1 is 1.30 bits per heavy atom. The Bertz CT molecular complexity index is 931. The van der Waals surface area contributed by atoms with Gasteiger partial charge in [-0.15, -0.1) is 0 Å². The molecule has 142 valence electrons. The second-order valence-electron chi connectivity index (χ2n) is 6.23. The van der Waals surface area contributed by atoms with Crippen LogP contribution in [-0.2, 0) is 12.6 Å². The average Bonchev–Trinajstić information content (AvgIpc) is 3.25. The second-order valence-corrected chi connectivity index (χ2v) is 6.23.